The fourth-order valence-electron chi connectivity index (χ4n) is 0.736. The Morgan fingerprint density at radius 1 is 1.89 bits per heavy atom. The summed E-state index contributed by atoms with van der Waals surface area (Å²) in [5.41, 5.74) is 0.453. The maximum atomic E-state index is 10.5. The van der Waals surface area contributed by atoms with Crippen molar-refractivity contribution in [3.63, 3.8) is 0 Å². The maximum Gasteiger partial charge on any atom is 0.333 e. The van der Waals surface area contributed by atoms with Gasteiger partial charge < -0.3 is 9.84 Å². The molecule has 0 unspecified atom stereocenters. The van der Waals surface area contributed by atoms with E-state index >= 15 is 0 Å². The number of esters is 1. The Morgan fingerprint density at radius 3 is 2.78 bits per heavy atom. The van der Waals surface area contributed by atoms with Crippen molar-refractivity contribution in [3.8, 4) is 0 Å². The molecular weight excluding hydrogens is 120 g/mol. The van der Waals surface area contributed by atoms with Crippen molar-refractivity contribution in [1.82, 2.24) is 0 Å². The zero-order valence-corrected chi connectivity index (χ0v) is 4.96. The molecule has 3 nitrogen and oxygen atoms in total. The first-order chi connectivity index (χ1) is 4.24. The highest BCUT2D eigenvalue weighted by Crippen LogP contribution is 2.17. The summed E-state index contributed by atoms with van der Waals surface area (Å²) < 4.78 is 4.63. The fourth-order valence-corrected chi connectivity index (χ4v) is 0.736. The summed E-state index contributed by atoms with van der Waals surface area (Å²) >= 11 is 0. The Hall–Kier alpha value is -0.830. The normalized spacial score (nSPS) is 26.6. The first kappa shape index (κ1) is 6.29. The van der Waals surface area contributed by atoms with Gasteiger partial charge in [-0.1, -0.05) is 6.58 Å². The van der Waals surface area contributed by atoms with E-state index in [0.717, 1.165) is 0 Å². The van der Waals surface area contributed by atoms with Crippen molar-refractivity contribution in [2.75, 3.05) is 6.61 Å². The van der Waals surface area contributed by atoms with Gasteiger partial charge in [0.05, 0.1) is 6.61 Å². The van der Waals surface area contributed by atoms with Crippen LogP contribution in [0.5, 0.6) is 0 Å². The summed E-state index contributed by atoms with van der Waals surface area (Å²) in [5, 5.41) is 8.48. The van der Waals surface area contributed by atoms with E-state index in [1.165, 1.54) is 0 Å². The molecule has 9 heavy (non-hydrogen) atoms. The Bertz CT molecular complexity index is 134. The quantitative estimate of drug-likeness (QED) is 0.394. The molecule has 50 valence electrons. The molecule has 0 aliphatic carbocycles. The highest BCUT2D eigenvalue weighted by Gasteiger charge is 2.25. The molecule has 1 atom stereocenters. The van der Waals surface area contributed by atoms with Gasteiger partial charge in [-0.05, 0) is 0 Å². The summed E-state index contributed by atoms with van der Waals surface area (Å²) in [5.74, 6) is -0.381. The molecule has 0 saturated carbocycles. The van der Waals surface area contributed by atoms with E-state index in [1.54, 1.807) is 0 Å². The number of hydrogen-bond acceptors (Lipinski definition) is 3. The Balaban J connectivity index is 2.54. The smallest absolute Gasteiger partial charge is 0.333 e. The molecular formula is C6H8O3. The molecule has 1 N–H and O–H groups in total. The number of ether oxygens (including phenoxy) is 1. The lowest BCUT2D eigenvalue weighted by atomic mass is 10.2. The largest absolute Gasteiger partial charge is 0.456 e. The summed E-state index contributed by atoms with van der Waals surface area (Å²) in [6.45, 7) is 3.34. The average molecular weight is 128 g/mol. The lowest BCUT2D eigenvalue weighted by Crippen LogP contribution is -2.10. The third-order valence-corrected chi connectivity index (χ3v) is 1.24. The van der Waals surface area contributed by atoms with E-state index in [0.29, 0.717) is 12.0 Å². The van der Waals surface area contributed by atoms with E-state index < -0.39 is 0 Å². The molecule has 0 bridgehead atoms. The van der Waals surface area contributed by atoms with Crippen LogP contribution >= 0.6 is 0 Å². The number of cyclic esters (lactones) is 1. The summed E-state index contributed by atoms with van der Waals surface area (Å²) in [6.07, 6.45) is 0.125. The molecule has 1 aliphatic heterocycles. The third kappa shape index (κ3) is 1.10. The van der Waals surface area contributed by atoms with E-state index in [1.807, 2.05) is 0 Å². The molecule has 1 rings (SSSR count). The second-order valence-electron chi connectivity index (χ2n) is 2.02. The minimum atomic E-state index is -0.381. The van der Waals surface area contributed by atoms with Crippen molar-refractivity contribution in [1.29, 1.82) is 0 Å². The SMILES string of the molecule is C=C1C[C@@H](CO)OC1=O. The van der Waals surface area contributed by atoms with Crippen LogP contribution in [0.4, 0.5) is 0 Å². The van der Waals surface area contributed by atoms with Gasteiger partial charge in [0.25, 0.3) is 0 Å². The number of rotatable bonds is 1. The van der Waals surface area contributed by atoms with Crippen LogP contribution in [0.15, 0.2) is 12.2 Å². The van der Waals surface area contributed by atoms with Gasteiger partial charge in [0.1, 0.15) is 6.10 Å². The number of carbonyl (C=O) groups excluding carboxylic acids is 1. The molecule has 0 amide bonds. The monoisotopic (exact) mass is 128 g/mol. The van der Waals surface area contributed by atoms with Crippen molar-refractivity contribution >= 4 is 5.97 Å². The van der Waals surface area contributed by atoms with E-state index in [-0.39, 0.29) is 18.7 Å². The number of aliphatic hydroxyl groups excluding tert-OH is 1. The predicted molar refractivity (Wildman–Crippen MR) is 30.7 cm³/mol. The Kier molecular flexibility index (Phi) is 1.53. The van der Waals surface area contributed by atoms with Crippen LogP contribution in [0.25, 0.3) is 0 Å². The van der Waals surface area contributed by atoms with Gasteiger partial charge in [-0.15, -0.1) is 0 Å². The number of carbonyl (C=O) groups is 1. The first-order valence-electron chi connectivity index (χ1n) is 2.73. The highest BCUT2D eigenvalue weighted by atomic mass is 16.6. The van der Waals surface area contributed by atoms with Gasteiger partial charge in [0, 0.05) is 12.0 Å². The first-order valence-corrected chi connectivity index (χ1v) is 2.73. The van der Waals surface area contributed by atoms with Gasteiger partial charge in [-0.3, -0.25) is 0 Å². The maximum absolute atomic E-state index is 10.5. The number of aliphatic hydroxyl groups is 1. The van der Waals surface area contributed by atoms with E-state index in [9.17, 15) is 4.79 Å². The van der Waals surface area contributed by atoms with Crippen LogP contribution in [0.1, 0.15) is 6.42 Å². The lowest BCUT2D eigenvalue weighted by molar-refractivity contribution is -0.140. The van der Waals surface area contributed by atoms with Crippen LogP contribution in [0, 0.1) is 0 Å². The molecule has 1 aliphatic rings. The second kappa shape index (κ2) is 2.19. The zero-order valence-electron chi connectivity index (χ0n) is 4.96. The van der Waals surface area contributed by atoms with Crippen LogP contribution in [0.3, 0.4) is 0 Å². The molecule has 0 aromatic rings. The van der Waals surface area contributed by atoms with Crippen molar-refractivity contribution in [3.05, 3.63) is 12.2 Å². The number of hydrogen-bond donors (Lipinski definition) is 1. The van der Waals surface area contributed by atoms with Gasteiger partial charge in [-0.25, -0.2) is 4.79 Å². The molecule has 0 spiro atoms. The standard InChI is InChI=1S/C6H8O3/c1-4-2-5(3-7)9-6(4)8/h5,7H,1-3H2/t5-/m0/s1. The molecule has 0 aromatic heterocycles. The molecule has 0 aromatic carbocycles. The topological polar surface area (TPSA) is 46.5 Å². The second-order valence-corrected chi connectivity index (χ2v) is 2.02. The minimum Gasteiger partial charge on any atom is -0.456 e. The van der Waals surface area contributed by atoms with E-state index in [2.05, 4.69) is 11.3 Å². The minimum absolute atomic E-state index is 0.106. The van der Waals surface area contributed by atoms with Gasteiger partial charge in [-0.2, -0.15) is 0 Å². The van der Waals surface area contributed by atoms with Gasteiger partial charge >= 0.3 is 5.97 Å². The van der Waals surface area contributed by atoms with Gasteiger partial charge in [0.2, 0.25) is 0 Å². The highest BCUT2D eigenvalue weighted by molar-refractivity contribution is 5.89. The lowest BCUT2D eigenvalue weighted by Gasteiger charge is -2.00. The van der Waals surface area contributed by atoms with Crippen LogP contribution < -0.4 is 0 Å². The van der Waals surface area contributed by atoms with Crippen LogP contribution in [-0.4, -0.2) is 23.8 Å². The van der Waals surface area contributed by atoms with Crippen molar-refractivity contribution in [2.24, 2.45) is 0 Å². The molecule has 3 heteroatoms. The molecule has 1 heterocycles. The van der Waals surface area contributed by atoms with Crippen LogP contribution in [-0.2, 0) is 9.53 Å². The summed E-state index contributed by atoms with van der Waals surface area (Å²) in [4.78, 5) is 10.5. The Morgan fingerprint density at radius 2 is 2.56 bits per heavy atom. The fraction of sp³-hybridized carbons (Fsp3) is 0.500. The predicted octanol–water partition coefficient (Wildman–Crippen LogP) is -0.150. The Labute approximate surface area is 52.9 Å². The summed E-state index contributed by atoms with van der Waals surface area (Å²) in [6, 6.07) is 0. The van der Waals surface area contributed by atoms with Crippen LogP contribution in [0.2, 0.25) is 0 Å². The zero-order chi connectivity index (χ0) is 6.85. The molecule has 0 radical (unpaired) electrons. The van der Waals surface area contributed by atoms with E-state index in [4.69, 9.17) is 5.11 Å². The average Bonchev–Trinajstić information content (AvgIpc) is 2.13. The summed E-state index contributed by atoms with van der Waals surface area (Å²) in [7, 11) is 0. The van der Waals surface area contributed by atoms with Crippen molar-refractivity contribution < 1.29 is 14.6 Å². The molecule has 1 fully saturated rings. The molecule has 1 saturated heterocycles. The van der Waals surface area contributed by atoms with Crippen molar-refractivity contribution in [2.45, 2.75) is 12.5 Å². The van der Waals surface area contributed by atoms with Gasteiger partial charge in [0.15, 0.2) is 0 Å². The third-order valence-electron chi connectivity index (χ3n) is 1.24.